The van der Waals surface area contributed by atoms with Gasteiger partial charge in [-0.1, -0.05) is 57.4 Å². The Morgan fingerprint density at radius 3 is 2.71 bits per heavy atom. The van der Waals surface area contributed by atoms with Gasteiger partial charge in [0, 0.05) is 17.6 Å². The molecule has 0 aliphatic carbocycles. The molecule has 1 nitrogen and oxygen atoms in total. The molecular formula is C19H26ClN. The highest BCUT2D eigenvalue weighted by molar-refractivity contribution is 6.30. The van der Waals surface area contributed by atoms with Crippen molar-refractivity contribution in [1.82, 2.24) is 4.90 Å². The topological polar surface area (TPSA) is 3.24 Å². The quantitative estimate of drug-likeness (QED) is 0.609. The van der Waals surface area contributed by atoms with Crippen LogP contribution in [0.5, 0.6) is 0 Å². The van der Waals surface area contributed by atoms with Crippen molar-refractivity contribution in [3.8, 4) is 0 Å². The van der Waals surface area contributed by atoms with Gasteiger partial charge in [-0.25, -0.2) is 0 Å². The molecule has 1 unspecified atom stereocenters. The second-order valence-corrected chi connectivity index (χ2v) is 7.96. The fourth-order valence-electron chi connectivity index (χ4n) is 3.69. The number of fused-ring (bicyclic) bond motifs is 2. The van der Waals surface area contributed by atoms with E-state index in [0.717, 1.165) is 11.6 Å². The maximum Gasteiger partial charge on any atom is 0.0409 e. The summed E-state index contributed by atoms with van der Waals surface area (Å²) in [5, 5.41) is 0.857. The second-order valence-electron chi connectivity index (χ2n) is 7.52. The number of hydrogen-bond acceptors (Lipinski definition) is 1. The van der Waals surface area contributed by atoms with Crippen molar-refractivity contribution >= 4 is 17.2 Å². The van der Waals surface area contributed by atoms with Crippen LogP contribution in [0.3, 0.4) is 0 Å². The second kappa shape index (κ2) is 5.78. The Morgan fingerprint density at radius 2 is 1.95 bits per heavy atom. The smallest absolute Gasteiger partial charge is 0.0409 e. The Balaban J connectivity index is 2.11. The van der Waals surface area contributed by atoms with Crippen molar-refractivity contribution in [1.29, 1.82) is 0 Å². The summed E-state index contributed by atoms with van der Waals surface area (Å²) in [5.74, 6) is 0. The Morgan fingerprint density at radius 1 is 1.14 bits per heavy atom. The lowest BCUT2D eigenvalue weighted by atomic mass is 9.80. The summed E-state index contributed by atoms with van der Waals surface area (Å²) in [5.41, 5.74) is 4.46. The standard InChI is InChI=1S/C19H26ClN/c1-19(2,3)18-12-16-7-5-4-6-10-21(16)13-14-11-15(20)8-9-17(14)18/h8-9,11-12,16H,4-7,10,13H2,1-3H3. The van der Waals surface area contributed by atoms with E-state index in [1.54, 1.807) is 0 Å². The van der Waals surface area contributed by atoms with Crippen LogP contribution >= 0.6 is 11.6 Å². The number of allylic oxidation sites excluding steroid dienone is 1. The van der Waals surface area contributed by atoms with E-state index in [1.807, 2.05) is 6.07 Å². The van der Waals surface area contributed by atoms with Crippen LogP contribution in [0.15, 0.2) is 24.3 Å². The lowest BCUT2D eigenvalue weighted by molar-refractivity contribution is 0.227. The van der Waals surface area contributed by atoms with E-state index < -0.39 is 0 Å². The summed E-state index contributed by atoms with van der Waals surface area (Å²) >= 11 is 6.26. The first-order chi connectivity index (χ1) is 9.95. The molecule has 2 aliphatic rings. The highest BCUT2D eigenvalue weighted by atomic mass is 35.5. The highest BCUT2D eigenvalue weighted by Gasteiger charge is 2.29. The SMILES string of the molecule is CC(C)(C)C1=CC2CCCCCN2Cc2cc(Cl)ccc21. The summed E-state index contributed by atoms with van der Waals surface area (Å²) in [6, 6.07) is 7.02. The van der Waals surface area contributed by atoms with E-state index in [1.165, 1.54) is 48.9 Å². The Bertz CT molecular complexity index is 553. The van der Waals surface area contributed by atoms with Crippen LogP contribution in [0.2, 0.25) is 5.02 Å². The van der Waals surface area contributed by atoms with Gasteiger partial charge >= 0.3 is 0 Å². The fourth-order valence-corrected chi connectivity index (χ4v) is 3.88. The van der Waals surface area contributed by atoms with Gasteiger partial charge in [-0.15, -0.1) is 0 Å². The predicted molar refractivity (Wildman–Crippen MR) is 91.6 cm³/mol. The minimum absolute atomic E-state index is 0.172. The zero-order chi connectivity index (χ0) is 15.0. The highest BCUT2D eigenvalue weighted by Crippen LogP contribution is 2.40. The van der Waals surface area contributed by atoms with Crippen LogP contribution in [-0.2, 0) is 6.54 Å². The molecule has 0 amide bonds. The molecule has 3 rings (SSSR count). The molecule has 1 aromatic rings. The molecule has 1 aromatic carbocycles. The van der Waals surface area contributed by atoms with Gasteiger partial charge in [0.05, 0.1) is 0 Å². The Kier molecular flexibility index (Phi) is 4.16. The van der Waals surface area contributed by atoms with Crippen LogP contribution < -0.4 is 0 Å². The van der Waals surface area contributed by atoms with Crippen molar-refractivity contribution in [2.24, 2.45) is 5.41 Å². The van der Waals surface area contributed by atoms with E-state index in [2.05, 4.69) is 43.9 Å². The zero-order valence-electron chi connectivity index (χ0n) is 13.5. The molecule has 1 saturated heterocycles. The summed E-state index contributed by atoms with van der Waals surface area (Å²) in [7, 11) is 0. The van der Waals surface area contributed by atoms with Crippen molar-refractivity contribution in [3.05, 3.63) is 40.4 Å². The van der Waals surface area contributed by atoms with Gasteiger partial charge in [0.25, 0.3) is 0 Å². The fraction of sp³-hybridized carbons (Fsp3) is 0.579. The molecule has 2 heteroatoms. The lowest BCUT2D eigenvalue weighted by Gasteiger charge is -2.27. The van der Waals surface area contributed by atoms with Gasteiger partial charge in [-0.3, -0.25) is 4.90 Å². The van der Waals surface area contributed by atoms with Gasteiger partial charge in [0.2, 0.25) is 0 Å². The molecule has 0 saturated carbocycles. The molecule has 0 spiro atoms. The van der Waals surface area contributed by atoms with Crippen LogP contribution in [0.1, 0.15) is 57.6 Å². The van der Waals surface area contributed by atoms with Crippen LogP contribution in [0.25, 0.3) is 5.57 Å². The zero-order valence-corrected chi connectivity index (χ0v) is 14.2. The van der Waals surface area contributed by atoms with E-state index in [9.17, 15) is 0 Å². The van der Waals surface area contributed by atoms with Crippen LogP contribution in [-0.4, -0.2) is 17.5 Å². The minimum Gasteiger partial charge on any atom is -0.293 e. The average Bonchev–Trinajstić information content (AvgIpc) is 2.68. The largest absolute Gasteiger partial charge is 0.293 e. The van der Waals surface area contributed by atoms with Gasteiger partial charge in [0.15, 0.2) is 0 Å². The van der Waals surface area contributed by atoms with Crippen molar-refractivity contribution < 1.29 is 0 Å². The molecule has 0 bridgehead atoms. The van der Waals surface area contributed by atoms with E-state index >= 15 is 0 Å². The first-order valence-corrected chi connectivity index (χ1v) is 8.58. The molecule has 1 atom stereocenters. The number of rotatable bonds is 0. The number of hydrogen-bond donors (Lipinski definition) is 0. The third kappa shape index (κ3) is 3.19. The number of halogens is 1. The molecule has 0 radical (unpaired) electrons. The molecular weight excluding hydrogens is 278 g/mol. The first-order valence-electron chi connectivity index (χ1n) is 8.20. The van der Waals surface area contributed by atoms with Gasteiger partial charge in [0.1, 0.15) is 0 Å². The van der Waals surface area contributed by atoms with Crippen molar-refractivity contribution in [2.75, 3.05) is 6.54 Å². The van der Waals surface area contributed by atoms with E-state index in [-0.39, 0.29) is 5.41 Å². The normalized spacial score (nSPS) is 23.6. The van der Waals surface area contributed by atoms with Gasteiger partial charge < -0.3 is 0 Å². The van der Waals surface area contributed by atoms with E-state index in [0.29, 0.717) is 6.04 Å². The van der Waals surface area contributed by atoms with E-state index in [4.69, 9.17) is 11.6 Å². The van der Waals surface area contributed by atoms with Crippen molar-refractivity contribution in [2.45, 2.75) is 59.0 Å². The van der Waals surface area contributed by atoms with Gasteiger partial charge in [-0.05, 0) is 53.6 Å². The molecule has 21 heavy (non-hydrogen) atoms. The molecule has 0 N–H and O–H groups in total. The van der Waals surface area contributed by atoms with Crippen LogP contribution in [0.4, 0.5) is 0 Å². The number of nitrogens with zero attached hydrogens (tertiary/aromatic N) is 1. The van der Waals surface area contributed by atoms with Crippen LogP contribution in [0, 0.1) is 5.41 Å². The lowest BCUT2D eigenvalue weighted by Crippen LogP contribution is -2.32. The third-order valence-electron chi connectivity index (χ3n) is 4.81. The maximum absolute atomic E-state index is 6.26. The first kappa shape index (κ1) is 15.1. The van der Waals surface area contributed by atoms with Gasteiger partial charge in [-0.2, -0.15) is 0 Å². The summed E-state index contributed by atoms with van der Waals surface area (Å²) in [4.78, 5) is 2.65. The summed E-state index contributed by atoms with van der Waals surface area (Å²) in [6.45, 7) is 9.22. The third-order valence-corrected chi connectivity index (χ3v) is 5.05. The minimum atomic E-state index is 0.172. The molecule has 2 aliphatic heterocycles. The summed E-state index contributed by atoms with van der Waals surface area (Å²) < 4.78 is 0. The monoisotopic (exact) mass is 303 g/mol. The molecule has 1 fully saturated rings. The van der Waals surface area contributed by atoms with Crippen molar-refractivity contribution in [3.63, 3.8) is 0 Å². The summed E-state index contributed by atoms with van der Waals surface area (Å²) in [6.07, 6.45) is 7.89. The number of benzene rings is 1. The molecule has 114 valence electrons. The average molecular weight is 304 g/mol. The molecule has 0 aromatic heterocycles. The maximum atomic E-state index is 6.26. The molecule has 2 heterocycles. The Labute approximate surface area is 134 Å². The predicted octanol–water partition coefficient (Wildman–Crippen LogP) is 5.53. The Hall–Kier alpha value is -0.790.